The van der Waals surface area contributed by atoms with E-state index in [0.717, 1.165) is 16.9 Å². The molecule has 1 heterocycles. The van der Waals surface area contributed by atoms with Gasteiger partial charge in [-0.2, -0.15) is 5.10 Å². The summed E-state index contributed by atoms with van der Waals surface area (Å²) in [6.07, 6.45) is 1.88. The van der Waals surface area contributed by atoms with Crippen LogP contribution in [-0.2, 0) is 5.54 Å². The lowest BCUT2D eigenvalue weighted by molar-refractivity contribution is 0.550. The summed E-state index contributed by atoms with van der Waals surface area (Å²) in [5.74, 6) is 0. The average Bonchev–Trinajstić information content (AvgIpc) is 2.60. The molecule has 0 radical (unpaired) electrons. The Morgan fingerprint density at radius 3 is 2.11 bits per heavy atom. The SMILES string of the molecule is Cc1cccc(C)c1-n1ncc(C(C)(C)N)c1C. The number of benzene rings is 1. The molecule has 0 unspecified atom stereocenters. The summed E-state index contributed by atoms with van der Waals surface area (Å²) >= 11 is 0. The Morgan fingerprint density at radius 2 is 1.67 bits per heavy atom. The molecule has 0 saturated heterocycles. The molecule has 2 aromatic rings. The van der Waals surface area contributed by atoms with Crippen molar-refractivity contribution in [2.24, 2.45) is 5.73 Å². The van der Waals surface area contributed by atoms with E-state index in [1.807, 2.05) is 24.7 Å². The molecule has 3 nitrogen and oxygen atoms in total. The van der Waals surface area contributed by atoms with Crippen molar-refractivity contribution < 1.29 is 0 Å². The Bertz CT molecular complexity index is 554. The predicted molar refractivity (Wildman–Crippen MR) is 75.0 cm³/mol. The lowest BCUT2D eigenvalue weighted by Gasteiger charge is -2.19. The number of aryl methyl sites for hydroxylation is 2. The second kappa shape index (κ2) is 4.25. The summed E-state index contributed by atoms with van der Waals surface area (Å²) < 4.78 is 1.99. The summed E-state index contributed by atoms with van der Waals surface area (Å²) in [6.45, 7) is 10.3. The minimum absolute atomic E-state index is 0.362. The molecule has 2 rings (SSSR count). The highest BCUT2D eigenvalue weighted by molar-refractivity contribution is 5.48. The maximum Gasteiger partial charge on any atom is 0.0707 e. The summed E-state index contributed by atoms with van der Waals surface area (Å²) in [7, 11) is 0. The fourth-order valence-electron chi connectivity index (χ4n) is 2.41. The molecule has 0 atom stereocenters. The highest BCUT2D eigenvalue weighted by atomic mass is 15.3. The van der Waals surface area contributed by atoms with Crippen LogP contribution >= 0.6 is 0 Å². The second-order valence-corrected chi connectivity index (χ2v) is 5.52. The molecule has 0 amide bonds. The third-order valence-electron chi connectivity index (χ3n) is 3.36. The Morgan fingerprint density at radius 1 is 1.11 bits per heavy atom. The Balaban J connectivity index is 2.64. The number of hydrogen-bond acceptors (Lipinski definition) is 2. The zero-order valence-corrected chi connectivity index (χ0v) is 11.8. The van der Waals surface area contributed by atoms with Gasteiger partial charge in [0.1, 0.15) is 0 Å². The number of nitrogens with two attached hydrogens (primary N) is 1. The number of para-hydroxylation sites is 1. The van der Waals surface area contributed by atoms with Gasteiger partial charge in [-0.05, 0) is 45.7 Å². The van der Waals surface area contributed by atoms with Crippen LogP contribution < -0.4 is 5.73 Å². The van der Waals surface area contributed by atoms with Gasteiger partial charge in [-0.25, -0.2) is 4.68 Å². The number of rotatable bonds is 2. The summed E-state index contributed by atoms with van der Waals surface area (Å²) in [6, 6.07) is 6.29. The van der Waals surface area contributed by atoms with Gasteiger partial charge >= 0.3 is 0 Å². The van der Waals surface area contributed by atoms with Gasteiger partial charge in [0.25, 0.3) is 0 Å². The largest absolute Gasteiger partial charge is 0.322 e. The first-order valence-corrected chi connectivity index (χ1v) is 6.23. The predicted octanol–water partition coefficient (Wildman–Crippen LogP) is 2.99. The average molecular weight is 243 g/mol. The van der Waals surface area contributed by atoms with Crippen LogP contribution in [-0.4, -0.2) is 9.78 Å². The summed E-state index contributed by atoms with van der Waals surface area (Å²) in [5.41, 5.74) is 11.6. The molecule has 1 aromatic carbocycles. The van der Waals surface area contributed by atoms with Gasteiger partial charge < -0.3 is 5.73 Å². The molecule has 1 aromatic heterocycles. The molecule has 0 aliphatic carbocycles. The van der Waals surface area contributed by atoms with Crippen molar-refractivity contribution in [2.45, 2.75) is 40.2 Å². The fraction of sp³-hybridized carbons (Fsp3) is 0.400. The van der Waals surface area contributed by atoms with Crippen molar-refractivity contribution in [2.75, 3.05) is 0 Å². The van der Waals surface area contributed by atoms with Gasteiger partial charge in [0.05, 0.1) is 11.9 Å². The molecular formula is C15H21N3. The van der Waals surface area contributed by atoms with E-state index in [1.165, 1.54) is 11.1 Å². The molecule has 18 heavy (non-hydrogen) atoms. The fourth-order valence-corrected chi connectivity index (χ4v) is 2.41. The first-order valence-electron chi connectivity index (χ1n) is 6.23. The van der Waals surface area contributed by atoms with Crippen LogP contribution in [0.3, 0.4) is 0 Å². The van der Waals surface area contributed by atoms with Crippen LogP contribution in [0.15, 0.2) is 24.4 Å². The van der Waals surface area contributed by atoms with E-state index in [9.17, 15) is 0 Å². The van der Waals surface area contributed by atoms with E-state index in [-0.39, 0.29) is 5.54 Å². The van der Waals surface area contributed by atoms with Gasteiger partial charge in [-0.3, -0.25) is 0 Å². The van der Waals surface area contributed by atoms with E-state index in [0.29, 0.717) is 0 Å². The third kappa shape index (κ3) is 2.06. The molecule has 0 spiro atoms. The zero-order chi connectivity index (χ0) is 13.5. The van der Waals surface area contributed by atoms with Crippen molar-refractivity contribution in [3.63, 3.8) is 0 Å². The summed E-state index contributed by atoms with van der Waals surface area (Å²) in [4.78, 5) is 0. The Labute approximate surface area is 109 Å². The molecule has 0 bridgehead atoms. The minimum atomic E-state index is -0.362. The smallest absolute Gasteiger partial charge is 0.0707 e. The first-order chi connectivity index (χ1) is 8.32. The maximum absolute atomic E-state index is 6.17. The van der Waals surface area contributed by atoms with Gasteiger partial charge in [-0.15, -0.1) is 0 Å². The molecule has 3 heteroatoms. The van der Waals surface area contributed by atoms with Crippen molar-refractivity contribution in [3.05, 3.63) is 46.8 Å². The van der Waals surface area contributed by atoms with E-state index in [1.54, 1.807) is 0 Å². The maximum atomic E-state index is 6.17. The highest BCUT2D eigenvalue weighted by Gasteiger charge is 2.21. The second-order valence-electron chi connectivity index (χ2n) is 5.52. The monoisotopic (exact) mass is 243 g/mol. The quantitative estimate of drug-likeness (QED) is 0.881. The minimum Gasteiger partial charge on any atom is -0.322 e. The van der Waals surface area contributed by atoms with E-state index in [2.05, 4.69) is 44.1 Å². The lowest BCUT2D eigenvalue weighted by atomic mass is 9.96. The molecule has 96 valence electrons. The van der Waals surface area contributed by atoms with Crippen LogP contribution in [0.4, 0.5) is 0 Å². The van der Waals surface area contributed by atoms with Crippen LogP contribution in [0, 0.1) is 20.8 Å². The summed E-state index contributed by atoms with van der Waals surface area (Å²) in [5, 5.41) is 4.51. The number of hydrogen-bond donors (Lipinski definition) is 1. The molecule has 0 aliphatic rings. The highest BCUT2D eigenvalue weighted by Crippen LogP contribution is 2.25. The van der Waals surface area contributed by atoms with Crippen molar-refractivity contribution in [1.82, 2.24) is 9.78 Å². The molecule has 0 fully saturated rings. The van der Waals surface area contributed by atoms with E-state index in [4.69, 9.17) is 5.73 Å². The van der Waals surface area contributed by atoms with E-state index < -0.39 is 0 Å². The van der Waals surface area contributed by atoms with Crippen LogP contribution in [0.1, 0.15) is 36.2 Å². The van der Waals surface area contributed by atoms with Crippen LogP contribution in [0.25, 0.3) is 5.69 Å². The normalized spacial score (nSPS) is 11.9. The first kappa shape index (κ1) is 12.8. The van der Waals surface area contributed by atoms with Crippen LogP contribution in [0.5, 0.6) is 0 Å². The standard InChI is InChI=1S/C15H21N3/c1-10-7-6-8-11(2)14(10)18-12(3)13(9-17-18)15(4,5)16/h6-9H,16H2,1-5H3. The number of aromatic nitrogens is 2. The Hall–Kier alpha value is -1.61. The van der Waals surface area contributed by atoms with Crippen molar-refractivity contribution >= 4 is 0 Å². The molecule has 0 aliphatic heterocycles. The lowest BCUT2D eigenvalue weighted by Crippen LogP contribution is -2.29. The van der Waals surface area contributed by atoms with Crippen molar-refractivity contribution in [3.8, 4) is 5.69 Å². The zero-order valence-electron chi connectivity index (χ0n) is 11.8. The van der Waals surface area contributed by atoms with Gasteiger partial charge in [0.2, 0.25) is 0 Å². The van der Waals surface area contributed by atoms with Crippen LogP contribution in [0.2, 0.25) is 0 Å². The third-order valence-corrected chi connectivity index (χ3v) is 3.36. The topological polar surface area (TPSA) is 43.8 Å². The molecule has 2 N–H and O–H groups in total. The van der Waals surface area contributed by atoms with Crippen molar-refractivity contribution in [1.29, 1.82) is 0 Å². The molecule has 0 saturated carbocycles. The van der Waals surface area contributed by atoms with E-state index >= 15 is 0 Å². The van der Waals surface area contributed by atoms with Gasteiger partial charge in [-0.1, -0.05) is 18.2 Å². The number of nitrogens with zero attached hydrogens (tertiary/aromatic N) is 2. The Kier molecular flexibility index (Phi) is 3.03. The van der Waals surface area contributed by atoms with Gasteiger partial charge in [0.15, 0.2) is 0 Å². The molecular weight excluding hydrogens is 222 g/mol. The van der Waals surface area contributed by atoms with Gasteiger partial charge in [0, 0.05) is 16.8 Å².